The summed E-state index contributed by atoms with van der Waals surface area (Å²) in [6.45, 7) is 1.50. The van der Waals surface area contributed by atoms with E-state index in [0.717, 1.165) is 19.3 Å². The highest BCUT2D eigenvalue weighted by atomic mass is 16.4. The van der Waals surface area contributed by atoms with Gasteiger partial charge in [-0.1, -0.05) is 12.8 Å². The largest absolute Gasteiger partial charge is 0.481 e. The fourth-order valence-corrected chi connectivity index (χ4v) is 3.04. The number of hydrogen-bond acceptors (Lipinski definition) is 3. The number of nitrogens with one attached hydrogen (secondary N) is 1. The molecule has 0 bridgehead atoms. The van der Waals surface area contributed by atoms with Gasteiger partial charge in [-0.05, 0) is 19.3 Å². The van der Waals surface area contributed by atoms with Crippen LogP contribution < -0.4 is 5.32 Å². The number of amides is 2. The van der Waals surface area contributed by atoms with Crippen LogP contribution in [0.4, 0.5) is 4.79 Å². The van der Waals surface area contributed by atoms with Crippen LogP contribution in [0.25, 0.3) is 0 Å². The fourth-order valence-electron chi connectivity index (χ4n) is 3.04. The maximum atomic E-state index is 12.0. The third kappa shape index (κ3) is 3.00. The first-order chi connectivity index (χ1) is 9.07. The van der Waals surface area contributed by atoms with Crippen molar-refractivity contribution in [2.24, 2.45) is 11.3 Å². The zero-order valence-corrected chi connectivity index (χ0v) is 11.1. The minimum absolute atomic E-state index is 0.100. The number of carboxylic acids is 1. The Morgan fingerprint density at radius 2 is 2.00 bits per heavy atom. The normalized spacial score (nSPS) is 25.5. The lowest BCUT2D eigenvalue weighted by Crippen LogP contribution is -2.46. The third-order valence-corrected chi connectivity index (χ3v) is 4.42. The highest BCUT2D eigenvalue weighted by molar-refractivity contribution is 5.78. The van der Waals surface area contributed by atoms with Crippen LogP contribution in [0.3, 0.4) is 0 Å². The molecule has 1 unspecified atom stereocenters. The molecule has 6 heteroatoms. The summed E-state index contributed by atoms with van der Waals surface area (Å²) in [6.07, 6.45) is 3.93. The quantitative estimate of drug-likeness (QED) is 0.700. The molecule has 19 heavy (non-hydrogen) atoms. The maximum absolute atomic E-state index is 12.0. The molecule has 1 aliphatic heterocycles. The van der Waals surface area contributed by atoms with Gasteiger partial charge >= 0.3 is 12.0 Å². The van der Waals surface area contributed by atoms with E-state index in [9.17, 15) is 14.7 Å². The number of rotatable bonds is 4. The number of carbonyl (C=O) groups is 2. The van der Waals surface area contributed by atoms with Gasteiger partial charge in [-0.25, -0.2) is 4.79 Å². The van der Waals surface area contributed by atoms with Crippen molar-refractivity contribution in [3.05, 3.63) is 0 Å². The molecule has 1 heterocycles. The molecule has 3 N–H and O–H groups in total. The van der Waals surface area contributed by atoms with E-state index in [1.54, 1.807) is 4.90 Å². The third-order valence-electron chi connectivity index (χ3n) is 4.42. The second kappa shape index (κ2) is 5.77. The second-order valence-electron chi connectivity index (χ2n) is 5.73. The van der Waals surface area contributed by atoms with Crippen molar-refractivity contribution in [2.45, 2.75) is 32.1 Å². The van der Waals surface area contributed by atoms with Gasteiger partial charge in [-0.2, -0.15) is 0 Å². The summed E-state index contributed by atoms with van der Waals surface area (Å²) in [7, 11) is 0. The molecule has 1 saturated carbocycles. The fraction of sp³-hybridized carbons (Fsp3) is 0.846. The minimum Gasteiger partial charge on any atom is -0.481 e. The van der Waals surface area contributed by atoms with Gasteiger partial charge in [0.15, 0.2) is 0 Å². The Morgan fingerprint density at radius 1 is 1.32 bits per heavy atom. The van der Waals surface area contributed by atoms with Crippen LogP contribution >= 0.6 is 0 Å². The number of likely N-dealkylation sites (tertiary alicyclic amines) is 1. The highest BCUT2D eigenvalue weighted by Gasteiger charge is 2.41. The van der Waals surface area contributed by atoms with Gasteiger partial charge in [0, 0.05) is 32.2 Å². The first kappa shape index (κ1) is 14.1. The summed E-state index contributed by atoms with van der Waals surface area (Å²) in [5.74, 6) is -0.648. The number of hydrogen-bond donors (Lipinski definition) is 3. The predicted octanol–water partition coefficient (Wildman–Crippen LogP) is 0.655. The number of urea groups is 1. The van der Waals surface area contributed by atoms with Crippen LogP contribution in [0.5, 0.6) is 0 Å². The molecule has 6 nitrogen and oxygen atoms in total. The summed E-state index contributed by atoms with van der Waals surface area (Å²) >= 11 is 0. The number of carbonyl (C=O) groups excluding carboxylic acids is 1. The molecule has 0 aromatic heterocycles. The first-order valence-corrected chi connectivity index (χ1v) is 6.94. The Balaban J connectivity index is 1.84. The molecule has 2 amide bonds. The Morgan fingerprint density at radius 3 is 2.53 bits per heavy atom. The average molecular weight is 270 g/mol. The van der Waals surface area contributed by atoms with Gasteiger partial charge < -0.3 is 20.4 Å². The minimum atomic E-state index is -0.806. The van der Waals surface area contributed by atoms with E-state index in [-0.39, 0.29) is 25.1 Å². The topological polar surface area (TPSA) is 89.9 Å². The lowest BCUT2D eigenvalue weighted by molar-refractivity contribution is -0.148. The Labute approximate surface area is 112 Å². The Hall–Kier alpha value is -1.30. The second-order valence-corrected chi connectivity index (χ2v) is 5.73. The number of aliphatic hydroxyl groups excluding tert-OH is 1. The van der Waals surface area contributed by atoms with Crippen LogP contribution in [-0.4, -0.2) is 53.4 Å². The molecule has 108 valence electrons. The van der Waals surface area contributed by atoms with Gasteiger partial charge in [0.25, 0.3) is 0 Å². The SMILES string of the molecule is O=C(NCC1(C(=O)O)CCCC1)N1CCC(CO)C1. The van der Waals surface area contributed by atoms with Crippen molar-refractivity contribution < 1.29 is 19.8 Å². The predicted molar refractivity (Wildman–Crippen MR) is 68.7 cm³/mol. The van der Waals surface area contributed by atoms with Crippen LogP contribution in [0.1, 0.15) is 32.1 Å². The van der Waals surface area contributed by atoms with Gasteiger partial charge in [0.2, 0.25) is 0 Å². The van der Waals surface area contributed by atoms with Crippen LogP contribution in [0.2, 0.25) is 0 Å². The molecule has 0 aromatic carbocycles. The standard InChI is InChI=1S/C13H22N2O4/c16-8-10-3-6-15(7-10)12(19)14-9-13(11(17)18)4-1-2-5-13/h10,16H,1-9H2,(H,14,19)(H,17,18). The van der Waals surface area contributed by atoms with Crippen LogP contribution in [0.15, 0.2) is 0 Å². The van der Waals surface area contributed by atoms with Gasteiger partial charge in [-0.15, -0.1) is 0 Å². The summed E-state index contributed by atoms with van der Waals surface area (Å²) in [5.41, 5.74) is -0.772. The van der Waals surface area contributed by atoms with Crippen molar-refractivity contribution in [2.75, 3.05) is 26.2 Å². The summed E-state index contributed by atoms with van der Waals surface area (Å²) in [5, 5.41) is 21.1. The van der Waals surface area contributed by atoms with Crippen molar-refractivity contribution in [3.8, 4) is 0 Å². The monoisotopic (exact) mass is 270 g/mol. The van der Waals surface area contributed by atoms with Crippen molar-refractivity contribution >= 4 is 12.0 Å². The van der Waals surface area contributed by atoms with Gasteiger partial charge in [0.1, 0.15) is 0 Å². The Bertz CT molecular complexity index is 353. The van der Waals surface area contributed by atoms with E-state index in [0.29, 0.717) is 25.9 Å². The number of aliphatic hydroxyl groups is 1. The van der Waals surface area contributed by atoms with Crippen molar-refractivity contribution in [1.82, 2.24) is 10.2 Å². The smallest absolute Gasteiger partial charge is 0.317 e. The van der Waals surface area contributed by atoms with E-state index < -0.39 is 11.4 Å². The Kier molecular flexibility index (Phi) is 4.29. The molecular formula is C13H22N2O4. The van der Waals surface area contributed by atoms with E-state index in [2.05, 4.69) is 5.32 Å². The summed E-state index contributed by atoms with van der Waals surface area (Å²) in [4.78, 5) is 25.0. The molecule has 2 fully saturated rings. The number of nitrogens with zero attached hydrogens (tertiary/aromatic N) is 1. The van der Waals surface area contributed by atoms with Gasteiger partial charge in [0.05, 0.1) is 5.41 Å². The van der Waals surface area contributed by atoms with Crippen LogP contribution in [0, 0.1) is 11.3 Å². The summed E-state index contributed by atoms with van der Waals surface area (Å²) < 4.78 is 0. The molecule has 1 aliphatic carbocycles. The molecule has 2 aliphatic rings. The van der Waals surface area contributed by atoms with Crippen molar-refractivity contribution in [1.29, 1.82) is 0 Å². The maximum Gasteiger partial charge on any atom is 0.317 e. The van der Waals surface area contributed by atoms with E-state index in [1.807, 2.05) is 0 Å². The van der Waals surface area contributed by atoms with E-state index in [1.165, 1.54) is 0 Å². The van der Waals surface area contributed by atoms with E-state index in [4.69, 9.17) is 5.11 Å². The molecule has 2 rings (SSSR count). The van der Waals surface area contributed by atoms with Crippen LogP contribution in [-0.2, 0) is 4.79 Å². The van der Waals surface area contributed by atoms with E-state index >= 15 is 0 Å². The lowest BCUT2D eigenvalue weighted by atomic mass is 9.86. The first-order valence-electron chi connectivity index (χ1n) is 6.94. The number of aliphatic carboxylic acids is 1. The lowest BCUT2D eigenvalue weighted by Gasteiger charge is -2.26. The number of carboxylic acid groups (broad SMARTS) is 1. The molecule has 0 aromatic rings. The van der Waals surface area contributed by atoms with Crippen molar-refractivity contribution in [3.63, 3.8) is 0 Å². The molecule has 1 saturated heterocycles. The average Bonchev–Trinajstić information content (AvgIpc) is 3.05. The zero-order valence-electron chi connectivity index (χ0n) is 11.1. The molecule has 0 radical (unpaired) electrons. The zero-order chi connectivity index (χ0) is 13.9. The summed E-state index contributed by atoms with van der Waals surface area (Å²) in [6, 6.07) is -0.205. The highest BCUT2D eigenvalue weighted by Crippen LogP contribution is 2.37. The van der Waals surface area contributed by atoms with Gasteiger partial charge in [-0.3, -0.25) is 4.79 Å². The molecule has 1 atom stereocenters. The molecular weight excluding hydrogens is 248 g/mol. The molecule has 0 spiro atoms.